The van der Waals surface area contributed by atoms with Crippen LogP contribution in [0.15, 0.2) is 0 Å². The zero-order valence-electron chi connectivity index (χ0n) is 14.5. The first-order valence-electron chi connectivity index (χ1n) is 10.1. The summed E-state index contributed by atoms with van der Waals surface area (Å²) in [6.45, 7) is 4.04. The van der Waals surface area contributed by atoms with Crippen molar-refractivity contribution in [1.29, 1.82) is 0 Å². The Kier molecular flexibility index (Phi) is 3.42. The van der Waals surface area contributed by atoms with Gasteiger partial charge in [0, 0.05) is 11.8 Å². The van der Waals surface area contributed by atoms with Gasteiger partial charge >= 0.3 is 0 Å². The van der Waals surface area contributed by atoms with Crippen molar-refractivity contribution in [1.82, 2.24) is 0 Å². The summed E-state index contributed by atoms with van der Waals surface area (Å²) in [6.07, 6.45) is 11.2. The molecule has 5 aliphatic rings. The molecule has 4 aliphatic carbocycles. The van der Waals surface area contributed by atoms with Gasteiger partial charge in [0.05, 0.1) is 19.3 Å². The average Bonchev–Trinajstić information content (AvgIpc) is 3.14. The van der Waals surface area contributed by atoms with E-state index in [1.807, 2.05) is 0 Å². The van der Waals surface area contributed by atoms with Crippen molar-refractivity contribution in [3.05, 3.63) is 0 Å². The molecule has 0 unspecified atom stereocenters. The lowest BCUT2D eigenvalue weighted by molar-refractivity contribution is -0.243. The monoisotopic (exact) mass is 320 g/mol. The topological polar surface area (TPSA) is 38.7 Å². The zero-order valence-corrected chi connectivity index (χ0v) is 14.5. The molecule has 1 spiro atoms. The van der Waals surface area contributed by atoms with Gasteiger partial charge in [0.15, 0.2) is 5.79 Å². The smallest absolute Gasteiger partial charge is 0.174 e. The van der Waals surface area contributed by atoms with Gasteiger partial charge in [-0.1, -0.05) is 6.92 Å². The standard InChI is InChI=1S/C20H32O3/c1-19-8-6-15-16(5-3-13-2-4-14(21)12-17(13)15)18(19)7-9-20(19)22-10-11-23-20/h13-18,21H,2-12H2,1H3/t13-,14+,15+,16-,17+,18+,19+/m1/s1. The Morgan fingerprint density at radius 2 is 1.61 bits per heavy atom. The minimum absolute atomic E-state index is 0.0280. The van der Waals surface area contributed by atoms with Gasteiger partial charge in [-0.3, -0.25) is 0 Å². The highest BCUT2D eigenvalue weighted by molar-refractivity contribution is 5.10. The van der Waals surface area contributed by atoms with Crippen LogP contribution in [0.4, 0.5) is 0 Å². The van der Waals surface area contributed by atoms with E-state index in [1.165, 1.54) is 38.5 Å². The van der Waals surface area contributed by atoms with E-state index in [-0.39, 0.29) is 17.3 Å². The molecule has 130 valence electrons. The SMILES string of the molecule is C[C@]12CC[C@H]3[C@@H](CC[C@H]4CC[C@H](O)C[C@@H]43)[C@@H]1CCC21OCCO1. The van der Waals surface area contributed by atoms with Crippen molar-refractivity contribution < 1.29 is 14.6 Å². The summed E-state index contributed by atoms with van der Waals surface area (Å²) in [4.78, 5) is 0. The second kappa shape index (κ2) is 5.19. The minimum Gasteiger partial charge on any atom is -0.393 e. The fraction of sp³-hybridized carbons (Fsp3) is 1.00. The molecule has 0 aromatic rings. The first-order chi connectivity index (χ1) is 11.1. The molecule has 3 nitrogen and oxygen atoms in total. The average molecular weight is 320 g/mol. The molecule has 0 aromatic carbocycles. The van der Waals surface area contributed by atoms with Crippen LogP contribution >= 0.6 is 0 Å². The molecule has 23 heavy (non-hydrogen) atoms. The van der Waals surface area contributed by atoms with Crippen molar-refractivity contribution in [3.63, 3.8) is 0 Å². The summed E-state index contributed by atoms with van der Waals surface area (Å²) in [5.74, 6) is 3.93. The van der Waals surface area contributed by atoms with Crippen molar-refractivity contribution in [3.8, 4) is 0 Å². The van der Waals surface area contributed by atoms with Gasteiger partial charge in [-0.15, -0.1) is 0 Å². The molecule has 7 atom stereocenters. The molecule has 0 bridgehead atoms. The highest BCUT2D eigenvalue weighted by atomic mass is 16.7. The zero-order chi connectivity index (χ0) is 15.7. The molecule has 1 heterocycles. The second-order valence-corrected chi connectivity index (χ2v) is 9.35. The van der Waals surface area contributed by atoms with Gasteiger partial charge in [0.25, 0.3) is 0 Å². The third kappa shape index (κ3) is 1.99. The van der Waals surface area contributed by atoms with Crippen LogP contribution in [-0.2, 0) is 9.47 Å². The quantitative estimate of drug-likeness (QED) is 0.739. The lowest BCUT2D eigenvalue weighted by Gasteiger charge is -2.57. The van der Waals surface area contributed by atoms with Gasteiger partial charge in [-0.25, -0.2) is 0 Å². The molecule has 5 fully saturated rings. The first-order valence-corrected chi connectivity index (χ1v) is 10.1. The molecule has 5 rings (SSSR count). The van der Waals surface area contributed by atoms with E-state index in [9.17, 15) is 5.11 Å². The summed E-state index contributed by atoms with van der Waals surface area (Å²) in [5, 5.41) is 10.2. The number of aliphatic hydroxyl groups is 1. The number of aliphatic hydroxyl groups excluding tert-OH is 1. The lowest BCUT2D eigenvalue weighted by Crippen LogP contribution is -2.54. The molecule has 1 aliphatic heterocycles. The third-order valence-electron chi connectivity index (χ3n) is 8.73. The summed E-state index contributed by atoms with van der Waals surface area (Å²) < 4.78 is 12.4. The molecule has 3 heteroatoms. The van der Waals surface area contributed by atoms with E-state index in [1.54, 1.807) is 0 Å². The van der Waals surface area contributed by atoms with Gasteiger partial charge in [0.2, 0.25) is 0 Å². The van der Waals surface area contributed by atoms with Crippen LogP contribution in [0.2, 0.25) is 0 Å². The largest absolute Gasteiger partial charge is 0.393 e. The van der Waals surface area contributed by atoms with Crippen LogP contribution in [0.1, 0.15) is 64.7 Å². The summed E-state index contributed by atoms with van der Waals surface area (Å²) in [5.41, 5.74) is 0.227. The molecule has 0 radical (unpaired) electrons. The lowest BCUT2D eigenvalue weighted by atomic mass is 9.50. The Bertz CT molecular complexity index is 472. The van der Waals surface area contributed by atoms with Crippen molar-refractivity contribution in [2.24, 2.45) is 35.0 Å². The van der Waals surface area contributed by atoms with Crippen LogP contribution in [0.3, 0.4) is 0 Å². The van der Waals surface area contributed by atoms with Gasteiger partial charge in [-0.2, -0.15) is 0 Å². The summed E-state index contributed by atoms with van der Waals surface area (Å²) in [7, 11) is 0. The number of hydrogen-bond acceptors (Lipinski definition) is 3. The molecule has 4 saturated carbocycles. The van der Waals surface area contributed by atoms with Gasteiger partial charge < -0.3 is 14.6 Å². The number of hydrogen-bond donors (Lipinski definition) is 1. The molecule has 0 amide bonds. The Labute approximate surface area is 140 Å². The van der Waals surface area contributed by atoms with Gasteiger partial charge in [-0.05, 0) is 81.0 Å². The predicted molar refractivity (Wildman–Crippen MR) is 87.8 cm³/mol. The van der Waals surface area contributed by atoms with E-state index >= 15 is 0 Å². The third-order valence-corrected chi connectivity index (χ3v) is 8.73. The number of rotatable bonds is 0. The fourth-order valence-corrected chi connectivity index (χ4v) is 7.68. The normalized spacial score (nSPS) is 54.5. The highest BCUT2D eigenvalue weighted by Crippen LogP contribution is 2.66. The Hall–Kier alpha value is -0.120. The van der Waals surface area contributed by atoms with E-state index in [0.29, 0.717) is 0 Å². The first kappa shape index (κ1) is 15.2. The second-order valence-electron chi connectivity index (χ2n) is 9.35. The summed E-state index contributed by atoms with van der Waals surface area (Å²) in [6, 6.07) is 0. The molecule has 1 N–H and O–H groups in total. The van der Waals surface area contributed by atoms with E-state index in [0.717, 1.165) is 62.1 Å². The van der Waals surface area contributed by atoms with Crippen LogP contribution < -0.4 is 0 Å². The Balaban J connectivity index is 1.43. The minimum atomic E-state index is -0.258. The van der Waals surface area contributed by atoms with Crippen LogP contribution in [0, 0.1) is 35.0 Å². The molecular weight excluding hydrogens is 288 g/mol. The maximum absolute atomic E-state index is 10.2. The molecule has 0 aromatic heterocycles. The van der Waals surface area contributed by atoms with Crippen molar-refractivity contribution in [2.45, 2.75) is 76.6 Å². The summed E-state index contributed by atoms with van der Waals surface area (Å²) >= 11 is 0. The fourth-order valence-electron chi connectivity index (χ4n) is 7.68. The maximum Gasteiger partial charge on any atom is 0.174 e. The molecule has 1 saturated heterocycles. The van der Waals surface area contributed by atoms with E-state index < -0.39 is 0 Å². The maximum atomic E-state index is 10.2. The predicted octanol–water partition coefficient (Wildman–Crippen LogP) is 3.74. The highest BCUT2D eigenvalue weighted by Gasteiger charge is 2.65. The Morgan fingerprint density at radius 3 is 2.43 bits per heavy atom. The molecular formula is C20H32O3. The van der Waals surface area contributed by atoms with Crippen LogP contribution in [-0.4, -0.2) is 30.2 Å². The van der Waals surface area contributed by atoms with Crippen molar-refractivity contribution >= 4 is 0 Å². The number of ether oxygens (including phenoxy) is 2. The van der Waals surface area contributed by atoms with Gasteiger partial charge in [0.1, 0.15) is 0 Å². The van der Waals surface area contributed by atoms with Crippen LogP contribution in [0.25, 0.3) is 0 Å². The van der Waals surface area contributed by atoms with Crippen molar-refractivity contribution in [2.75, 3.05) is 13.2 Å². The van der Waals surface area contributed by atoms with E-state index in [4.69, 9.17) is 9.47 Å². The number of fused-ring (bicyclic) bond motifs is 6. The Morgan fingerprint density at radius 1 is 0.826 bits per heavy atom. The van der Waals surface area contributed by atoms with Crippen LogP contribution in [0.5, 0.6) is 0 Å². The van der Waals surface area contributed by atoms with E-state index in [2.05, 4.69) is 6.92 Å².